The lowest BCUT2D eigenvalue weighted by molar-refractivity contribution is -0.145. The van der Waals surface area contributed by atoms with Gasteiger partial charge in [-0.15, -0.1) is 0 Å². The molecule has 0 aromatic heterocycles. The highest BCUT2D eigenvalue weighted by Gasteiger charge is 2.75. The van der Waals surface area contributed by atoms with Crippen LogP contribution in [0.2, 0.25) is 0 Å². The van der Waals surface area contributed by atoms with E-state index in [1.807, 2.05) is 26.0 Å². The molecule has 2 aromatic rings. The highest BCUT2D eigenvalue weighted by Crippen LogP contribution is 2.64. The van der Waals surface area contributed by atoms with E-state index in [0.29, 0.717) is 5.56 Å². The van der Waals surface area contributed by atoms with E-state index in [2.05, 4.69) is 0 Å². The standard InChI is InChI=1S/C20H22O5S/c1-3-14-6-8-15(9-7-14)17-18(20(17,12-21)19(22)23)26(24,25)16-10-4-13(2)5-11-16/h4-11,17-18,21H,3,12H2,1-2H3,(H,22,23)/t17-,18+,20+/m1/s1. The number of hydrogen-bond acceptors (Lipinski definition) is 4. The lowest BCUT2D eigenvalue weighted by Gasteiger charge is -2.10. The number of aryl methyl sites for hydroxylation is 2. The second kappa shape index (κ2) is 6.52. The van der Waals surface area contributed by atoms with Crippen molar-refractivity contribution in [1.82, 2.24) is 0 Å². The number of carboxylic acid groups (broad SMARTS) is 1. The van der Waals surface area contributed by atoms with Gasteiger partial charge in [-0.25, -0.2) is 8.42 Å². The molecule has 0 amide bonds. The van der Waals surface area contributed by atoms with E-state index in [4.69, 9.17) is 0 Å². The Balaban J connectivity index is 2.08. The summed E-state index contributed by atoms with van der Waals surface area (Å²) < 4.78 is 26.2. The van der Waals surface area contributed by atoms with Gasteiger partial charge in [-0.05, 0) is 36.6 Å². The molecule has 1 aliphatic carbocycles. The van der Waals surface area contributed by atoms with Gasteiger partial charge in [-0.3, -0.25) is 4.79 Å². The first-order chi connectivity index (χ1) is 12.3. The predicted octanol–water partition coefficient (Wildman–Crippen LogP) is 2.56. The van der Waals surface area contributed by atoms with Crippen molar-refractivity contribution < 1.29 is 23.4 Å². The Morgan fingerprint density at radius 2 is 1.65 bits per heavy atom. The molecule has 1 aliphatic rings. The molecular weight excluding hydrogens is 352 g/mol. The molecule has 138 valence electrons. The molecule has 0 heterocycles. The number of carbonyl (C=O) groups is 1. The summed E-state index contributed by atoms with van der Waals surface area (Å²) in [6.45, 7) is 3.13. The van der Waals surface area contributed by atoms with E-state index in [0.717, 1.165) is 17.5 Å². The van der Waals surface area contributed by atoms with Crippen LogP contribution in [0, 0.1) is 12.3 Å². The number of hydrogen-bond donors (Lipinski definition) is 2. The van der Waals surface area contributed by atoms with Crippen molar-refractivity contribution in [2.75, 3.05) is 6.61 Å². The van der Waals surface area contributed by atoms with E-state index in [9.17, 15) is 23.4 Å². The zero-order chi connectivity index (χ0) is 19.1. The topological polar surface area (TPSA) is 91.7 Å². The predicted molar refractivity (Wildman–Crippen MR) is 97.9 cm³/mol. The van der Waals surface area contributed by atoms with Crippen LogP contribution in [0.4, 0.5) is 0 Å². The van der Waals surface area contributed by atoms with Gasteiger partial charge in [0.2, 0.25) is 0 Å². The van der Waals surface area contributed by atoms with Crippen LogP contribution in [-0.4, -0.2) is 36.5 Å². The van der Waals surface area contributed by atoms with Crippen molar-refractivity contribution in [3.63, 3.8) is 0 Å². The van der Waals surface area contributed by atoms with Gasteiger partial charge in [-0.2, -0.15) is 0 Å². The van der Waals surface area contributed by atoms with Crippen molar-refractivity contribution in [1.29, 1.82) is 0 Å². The average molecular weight is 374 g/mol. The molecular formula is C20H22O5S. The Morgan fingerprint density at radius 3 is 2.12 bits per heavy atom. The van der Waals surface area contributed by atoms with E-state index < -0.39 is 39.0 Å². The first-order valence-corrected chi connectivity index (χ1v) is 10.1. The summed E-state index contributed by atoms with van der Waals surface area (Å²) in [5.41, 5.74) is 0.909. The zero-order valence-corrected chi connectivity index (χ0v) is 15.5. The molecule has 3 rings (SSSR count). The molecule has 3 atom stereocenters. The van der Waals surface area contributed by atoms with Crippen LogP contribution in [0.3, 0.4) is 0 Å². The van der Waals surface area contributed by atoms with Crippen LogP contribution < -0.4 is 0 Å². The molecule has 5 nitrogen and oxygen atoms in total. The van der Waals surface area contributed by atoms with Crippen LogP contribution in [0.5, 0.6) is 0 Å². The molecule has 0 bridgehead atoms. The smallest absolute Gasteiger partial charge is 0.314 e. The van der Waals surface area contributed by atoms with Crippen molar-refractivity contribution in [3.8, 4) is 0 Å². The number of aliphatic hydroxyl groups excluding tert-OH is 1. The number of rotatable bonds is 6. The van der Waals surface area contributed by atoms with E-state index >= 15 is 0 Å². The number of aliphatic hydroxyl groups is 1. The van der Waals surface area contributed by atoms with Crippen LogP contribution in [0.15, 0.2) is 53.4 Å². The van der Waals surface area contributed by atoms with Crippen molar-refractivity contribution in [3.05, 3.63) is 65.2 Å². The van der Waals surface area contributed by atoms with Gasteiger partial charge in [0.25, 0.3) is 0 Å². The number of benzene rings is 2. The third kappa shape index (κ3) is 2.73. The fourth-order valence-corrected chi connectivity index (χ4v) is 6.04. The van der Waals surface area contributed by atoms with Crippen molar-refractivity contribution in [2.24, 2.45) is 5.41 Å². The van der Waals surface area contributed by atoms with Crippen LogP contribution >= 0.6 is 0 Å². The van der Waals surface area contributed by atoms with E-state index in [-0.39, 0.29) is 4.90 Å². The van der Waals surface area contributed by atoms with Gasteiger partial charge in [0, 0.05) is 5.92 Å². The quantitative estimate of drug-likeness (QED) is 0.811. The van der Waals surface area contributed by atoms with Gasteiger partial charge >= 0.3 is 5.97 Å². The van der Waals surface area contributed by atoms with Gasteiger partial charge in [0.05, 0.1) is 16.8 Å². The molecule has 2 N–H and O–H groups in total. The fourth-order valence-electron chi connectivity index (χ4n) is 3.68. The molecule has 26 heavy (non-hydrogen) atoms. The highest BCUT2D eigenvalue weighted by atomic mass is 32.2. The Bertz CT molecular complexity index is 916. The van der Waals surface area contributed by atoms with E-state index in [1.165, 1.54) is 12.1 Å². The van der Waals surface area contributed by atoms with Gasteiger partial charge < -0.3 is 10.2 Å². The maximum atomic E-state index is 13.1. The minimum Gasteiger partial charge on any atom is -0.481 e. The Morgan fingerprint density at radius 1 is 1.08 bits per heavy atom. The maximum Gasteiger partial charge on any atom is 0.314 e. The van der Waals surface area contributed by atoms with Crippen LogP contribution in [0.1, 0.15) is 29.5 Å². The average Bonchev–Trinajstić information content (AvgIpc) is 3.34. The molecule has 0 unspecified atom stereocenters. The lowest BCUT2D eigenvalue weighted by Crippen LogP contribution is -2.27. The number of carboxylic acids is 1. The van der Waals surface area contributed by atoms with Gasteiger partial charge in [0.15, 0.2) is 9.84 Å². The number of sulfone groups is 1. The molecule has 0 saturated heterocycles. The van der Waals surface area contributed by atoms with Gasteiger partial charge in [0.1, 0.15) is 5.41 Å². The number of aliphatic carboxylic acids is 1. The van der Waals surface area contributed by atoms with E-state index in [1.54, 1.807) is 24.3 Å². The minimum atomic E-state index is -3.90. The Labute approximate surface area is 153 Å². The first-order valence-electron chi connectivity index (χ1n) is 8.52. The molecule has 2 aromatic carbocycles. The van der Waals surface area contributed by atoms with Crippen molar-refractivity contribution >= 4 is 15.8 Å². The summed E-state index contributed by atoms with van der Waals surface area (Å²) in [6.07, 6.45) is 0.833. The molecule has 6 heteroatoms. The summed E-state index contributed by atoms with van der Waals surface area (Å²) in [4.78, 5) is 12.0. The SMILES string of the molecule is CCc1ccc([C@@H]2[C@H](S(=O)(=O)c3ccc(C)cc3)[C@@]2(CO)C(=O)O)cc1. The second-order valence-corrected chi connectivity index (χ2v) is 8.92. The van der Waals surface area contributed by atoms with Gasteiger partial charge in [-0.1, -0.05) is 48.9 Å². The molecule has 0 radical (unpaired) electrons. The van der Waals surface area contributed by atoms with Crippen molar-refractivity contribution in [2.45, 2.75) is 36.3 Å². The molecule has 1 saturated carbocycles. The first kappa shape index (κ1) is 18.6. The summed E-state index contributed by atoms with van der Waals surface area (Å²) in [6, 6.07) is 13.6. The molecule has 0 aliphatic heterocycles. The third-order valence-corrected chi connectivity index (χ3v) is 7.64. The zero-order valence-electron chi connectivity index (χ0n) is 14.7. The summed E-state index contributed by atoms with van der Waals surface area (Å²) >= 11 is 0. The summed E-state index contributed by atoms with van der Waals surface area (Å²) in [7, 11) is -3.90. The largest absolute Gasteiger partial charge is 0.481 e. The van der Waals surface area contributed by atoms with Crippen LogP contribution in [0.25, 0.3) is 0 Å². The minimum absolute atomic E-state index is 0.0832. The van der Waals surface area contributed by atoms with Crippen LogP contribution in [-0.2, 0) is 21.1 Å². The molecule has 0 spiro atoms. The summed E-state index contributed by atoms with van der Waals surface area (Å²) in [5, 5.41) is 18.4. The normalized spacial score (nSPS) is 25.0. The third-order valence-electron chi connectivity index (χ3n) is 5.35. The monoisotopic (exact) mass is 374 g/mol. The maximum absolute atomic E-state index is 13.1. The lowest BCUT2D eigenvalue weighted by atomic mass is 9.99. The Hall–Kier alpha value is -2.18. The summed E-state index contributed by atoms with van der Waals surface area (Å²) in [5.74, 6) is -2.06. The second-order valence-electron chi connectivity index (χ2n) is 6.86. The molecule has 1 fully saturated rings. The highest BCUT2D eigenvalue weighted by molar-refractivity contribution is 7.92. The Kier molecular flexibility index (Phi) is 4.67. The fraction of sp³-hybridized carbons (Fsp3) is 0.350.